The summed E-state index contributed by atoms with van der Waals surface area (Å²) >= 11 is 0. The van der Waals surface area contributed by atoms with Crippen LogP contribution in [0.5, 0.6) is 0 Å². The minimum atomic E-state index is 0.469. The number of ketones is 1. The Morgan fingerprint density at radius 1 is 1.14 bits per heavy atom. The van der Waals surface area contributed by atoms with Gasteiger partial charge in [-0.2, -0.15) is 0 Å². The Morgan fingerprint density at radius 3 is 1.71 bits per heavy atom. The second kappa shape index (κ2) is 18.4. The molecule has 0 bridgehead atoms. The van der Waals surface area contributed by atoms with Crippen molar-refractivity contribution in [3.05, 3.63) is 0 Å². The Balaban J connectivity index is -0.000000174. The van der Waals surface area contributed by atoms with E-state index in [9.17, 15) is 4.79 Å². The summed E-state index contributed by atoms with van der Waals surface area (Å²) < 4.78 is 0. The summed E-state index contributed by atoms with van der Waals surface area (Å²) in [6, 6.07) is 0. The minimum absolute atomic E-state index is 0.469. The monoisotopic (exact) mass is 205 g/mol. The van der Waals surface area contributed by atoms with Gasteiger partial charge in [-0.25, -0.2) is 0 Å². The zero-order chi connectivity index (χ0) is 12.0. The summed E-state index contributed by atoms with van der Waals surface area (Å²) in [5.74, 6) is 1.19. The fraction of sp³-hybridized carbons (Fsp3) is 0.900. The van der Waals surface area contributed by atoms with Crippen molar-refractivity contribution in [3.8, 4) is 0 Å². The van der Waals surface area contributed by atoms with Crippen LogP contribution in [-0.4, -0.2) is 26.9 Å². The molecule has 1 fully saturated rings. The van der Waals surface area contributed by atoms with E-state index in [1.165, 1.54) is 27.6 Å². The van der Waals surface area contributed by atoms with Crippen LogP contribution in [0.25, 0.3) is 0 Å². The quantitative estimate of drug-likeness (QED) is 0.580. The lowest BCUT2D eigenvalue weighted by Gasteiger charge is -1.98. The van der Waals surface area contributed by atoms with Crippen molar-refractivity contribution in [2.24, 2.45) is 23.1 Å². The van der Waals surface area contributed by atoms with Gasteiger partial charge in [-0.15, -0.1) is 0 Å². The van der Waals surface area contributed by atoms with E-state index in [0.29, 0.717) is 5.78 Å². The lowest BCUT2D eigenvalue weighted by molar-refractivity contribution is -0.117. The van der Waals surface area contributed by atoms with Gasteiger partial charge in [0.15, 0.2) is 0 Å². The molecular formula is C10H27N3O. The van der Waals surface area contributed by atoms with Gasteiger partial charge in [0.2, 0.25) is 0 Å². The lowest BCUT2D eigenvalue weighted by atomic mass is 10.1. The highest BCUT2D eigenvalue weighted by Crippen LogP contribution is 2.23. The predicted molar refractivity (Wildman–Crippen MR) is 63.0 cm³/mol. The average Bonchev–Trinajstić information content (AvgIpc) is 2.73. The van der Waals surface area contributed by atoms with Gasteiger partial charge in [-0.3, -0.25) is 4.79 Å². The van der Waals surface area contributed by atoms with Crippen LogP contribution in [0, 0.1) is 5.92 Å². The van der Waals surface area contributed by atoms with Gasteiger partial charge in [0.1, 0.15) is 5.78 Å². The standard InChI is InChI=1S/C7H12O.3CH5N/c1-2-6-3-4-7(8)5-6;3*1-2/h6H,2-5H2,1H3;3*2H2,1H3. The molecule has 1 rings (SSSR count). The molecule has 0 radical (unpaired) electrons. The summed E-state index contributed by atoms with van der Waals surface area (Å²) in [5, 5.41) is 0. The van der Waals surface area contributed by atoms with Crippen LogP contribution >= 0.6 is 0 Å². The molecular weight excluding hydrogens is 178 g/mol. The van der Waals surface area contributed by atoms with Crippen molar-refractivity contribution in [1.29, 1.82) is 0 Å². The maximum absolute atomic E-state index is 10.6. The summed E-state index contributed by atoms with van der Waals surface area (Å²) in [6.45, 7) is 2.16. The van der Waals surface area contributed by atoms with Crippen molar-refractivity contribution in [2.75, 3.05) is 21.1 Å². The zero-order valence-corrected chi connectivity index (χ0v) is 10.0. The Hall–Kier alpha value is -0.450. The van der Waals surface area contributed by atoms with Gasteiger partial charge < -0.3 is 17.2 Å². The molecule has 1 unspecified atom stereocenters. The molecule has 1 saturated carbocycles. The van der Waals surface area contributed by atoms with Crippen molar-refractivity contribution in [2.45, 2.75) is 32.6 Å². The third kappa shape index (κ3) is 11.6. The Morgan fingerprint density at radius 2 is 1.57 bits per heavy atom. The predicted octanol–water partition coefficient (Wildman–Crippen LogP) is 0.490. The molecule has 1 atom stereocenters. The summed E-state index contributed by atoms with van der Waals surface area (Å²) in [6.07, 6.45) is 4.04. The average molecular weight is 205 g/mol. The first-order valence-corrected chi connectivity index (χ1v) is 5.08. The largest absolute Gasteiger partial charge is 0.333 e. The number of nitrogens with two attached hydrogens (primary N) is 3. The molecule has 0 aromatic rings. The molecule has 0 aliphatic heterocycles. The fourth-order valence-electron chi connectivity index (χ4n) is 1.24. The van der Waals surface area contributed by atoms with E-state index in [1.54, 1.807) is 0 Å². The molecule has 0 amide bonds. The van der Waals surface area contributed by atoms with E-state index < -0.39 is 0 Å². The highest BCUT2D eigenvalue weighted by atomic mass is 16.1. The van der Waals surface area contributed by atoms with E-state index in [0.717, 1.165) is 25.2 Å². The molecule has 1 aliphatic rings. The first kappa shape index (κ1) is 19.2. The Bertz CT molecular complexity index is 108. The second-order valence-corrected chi connectivity index (χ2v) is 2.56. The molecule has 4 heteroatoms. The topological polar surface area (TPSA) is 95.1 Å². The highest BCUT2D eigenvalue weighted by Gasteiger charge is 2.19. The van der Waals surface area contributed by atoms with Crippen molar-refractivity contribution >= 4 is 5.78 Å². The van der Waals surface area contributed by atoms with Crippen LogP contribution in [0.1, 0.15) is 32.6 Å². The fourth-order valence-corrected chi connectivity index (χ4v) is 1.24. The summed E-state index contributed by atoms with van der Waals surface area (Å²) in [5.41, 5.74) is 13.5. The van der Waals surface area contributed by atoms with Crippen molar-refractivity contribution in [1.82, 2.24) is 0 Å². The number of carbonyl (C=O) groups excluding carboxylic acids is 1. The maximum atomic E-state index is 10.6. The van der Waals surface area contributed by atoms with Gasteiger partial charge in [0.05, 0.1) is 0 Å². The number of rotatable bonds is 1. The first-order chi connectivity index (χ1) is 6.83. The molecule has 0 heterocycles. The van der Waals surface area contributed by atoms with Crippen LogP contribution in [0.3, 0.4) is 0 Å². The van der Waals surface area contributed by atoms with E-state index in [4.69, 9.17) is 0 Å². The first-order valence-electron chi connectivity index (χ1n) is 5.08. The van der Waals surface area contributed by atoms with Gasteiger partial charge in [-0.05, 0) is 33.5 Å². The summed E-state index contributed by atoms with van der Waals surface area (Å²) in [4.78, 5) is 10.6. The molecule has 88 valence electrons. The number of hydrogen-bond acceptors (Lipinski definition) is 4. The number of carbonyl (C=O) groups is 1. The van der Waals surface area contributed by atoms with Gasteiger partial charge in [-0.1, -0.05) is 13.3 Å². The van der Waals surface area contributed by atoms with E-state index >= 15 is 0 Å². The SMILES string of the molecule is CCC1CCC(=O)C1.CN.CN.CN. The van der Waals surface area contributed by atoms with Crippen LogP contribution < -0.4 is 17.2 Å². The van der Waals surface area contributed by atoms with E-state index in [-0.39, 0.29) is 0 Å². The molecule has 6 N–H and O–H groups in total. The van der Waals surface area contributed by atoms with Gasteiger partial charge in [0, 0.05) is 12.8 Å². The van der Waals surface area contributed by atoms with E-state index in [1.807, 2.05) is 0 Å². The normalized spacial score (nSPS) is 17.9. The molecule has 0 saturated heterocycles. The van der Waals surface area contributed by atoms with Gasteiger partial charge >= 0.3 is 0 Å². The van der Waals surface area contributed by atoms with Crippen LogP contribution in [-0.2, 0) is 4.79 Å². The molecule has 1 aliphatic carbocycles. The van der Waals surface area contributed by atoms with Crippen molar-refractivity contribution < 1.29 is 4.79 Å². The van der Waals surface area contributed by atoms with Crippen molar-refractivity contribution in [3.63, 3.8) is 0 Å². The highest BCUT2D eigenvalue weighted by molar-refractivity contribution is 5.80. The van der Waals surface area contributed by atoms with E-state index in [2.05, 4.69) is 24.1 Å². The smallest absolute Gasteiger partial charge is 0.133 e. The Labute approximate surface area is 88.2 Å². The maximum Gasteiger partial charge on any atom is 0.133 e. The molecule has 4 nitrogen and oxygen atoms in total. The van der Waals surface area contributed by atoms with Crippen LogP contribution in [0.15, 0.2) is 0 Å². The number of Topliss-reactive ketones (excluding diaryl/α,β-unsaturated/α-hetero) is 1. The molecule has 14 heavy (non-hydrogen) atoms. The third-order valence-electron chi connectivity index (χ3n) is 1.93. The Kier molecular flexibility index (Phi) is 25.1. The van der Waals surface area contributed by atoms with Gasteiger partial charge in [0.25, 0.3) is 0 Å². The third-order valence-corrected chi connectivity index (χ3v) is 1.93. The molecule has 0 aromatic carbocycles. The zero-order valence-electron chi connectivity index (χ0n) is 10.0. The summed E-state index contributed by atoms with van der Waals surface area (Å²) in [7, 11) is 4.50. The lowest BCUT2D eigenvalue weighted by Crippen LogP contribution is -1.91. The molecule has 0 aromatic heterocycles. The molecule has 0 spiro atoms. The van der Waals surface area contributed by atoms with Crippen LogP contribution in [0.2, 0.25) is 0 Å². The second-order valence-electron chi connectivity index (χ2n) is 2.56. The van der Waals surface area contributed by atoms with Crippen LogP contribution in [0.4, 0.5) is 0 Å². The minimum Gasteiger partial charge on any atom is -0.333 e. The number of hydrogen-bond donors (Lipinski definition) is 3.